The first kappa shape index (κ1) is 18.7. The van der Waals surface area contributed by atoms with Crippen LogP contribution in [0.15, 0.2) is 30.6 Å². The fourth-order valence-corrected chi connectivity index (χ4v) is 4.72. The molecule has 27 heavy (non-hydrogen) atoms. The normalized spacial score (nSPS) is 27.7. The first-order valence-electron chi connectivity index (χ1n) is 10.1. The number of ether oxygens (including phenoxy) is 1. The van der Waals surface area contributed by atoms with Gasteiger partial charge < -0.3 is 15.6 Å². The van der Waals surface area contributed by atoms with E-state index in [0.717, 1.165) is 44.3 Å². The lowest BCUT2D eigenvalue weighted by Gasteiger charge is -2.26. The second-order valence-electron chi connectivity index (χ2n) is 8.63. The Kier molecular flexibility index (Phi) is 5.35. The molecule has 0 spiro atoms. The van der Waals surface area contributed by atoms with Crippen LogP contribution >= 0.6 is 0 Å². The van der Waals surface area contributed by atoms with E-state index in [9.17, 15) is 5.11 Å². The van der Waals surface area contributed by atoms with E-state index in [2.05, 4.69) is 23.3 Å². The zero-order chi connectivity index (χ0) is 18.9. The number of hydrogen-bond acceptors (Lipinski definition) is 4. The minimum atomic E-state index is -0.378. The van der Waals surface area contributed by atoms with Gasteiger partial charge in [0, 0.05) is 24.3 Å². The SMILES string of the molecule is Cn1cc(COC[C@@H]2CCc3cc([C@H]4CC[C@](N)(CO)C4)ccc3C2)cn1. The van der Waals surface area contributed by atoms with Gasteiger partial charge in [-0.2, -0.15) is 5.10 Å². The van der Waals surface area contributed by atoms with E-state index >= 15 is 0 Å². The molecule has 1 aromatic carbocycles. The molecule has 4 rings (SSSR count). The lowest BCUT2D eigenvalue weighted by atomic mass is 9.82. The smallest absolute Gasteiger partial charge is 0.0747 e. The molecule has 2 aliphatic carbocycles. The molecule has 0 radical (unpaired) electrons. The Bertz CT molecular complexity index is 788. The van der Waals surface area contributed by atoms with Crippen molar-refractivity contribution in [2.75, 3.05) is 13.2 Å². The van der Waals surface area contributed by atoms with Crippen molar-refractivity contribution in [3.63, 3.8) is 0 Å². The highest BCUT2D eigenvalue weighted by molar-refractivity contribution is 5.36. The topological polar surface area (TPSA) is 73.3 Å². The number of rotatable bonds is 6. The van der Waals surface area contributed by atoms with Crippen molar-refractivity contribution in [1.82, 2.24) is 9.78 Å². The molecule has 2 aromatic rings. The molecule has 1 saturated carbocycles. The molecule has 1 aromatic heterocycles. The second-order valence-corrected chi connectivity index (χ2v) is 8.63. The van der Waals surface area contributed by atoms with Crippen molar-refractivity contribution in [3.8, 4) is 0 Å². The highest BCUT2D eigenvalue weighted by atomic mass is 16.5. The third kappa shape index (κ3) is 4.26. The summed E-state index contributed by atoms with van der Waals surface area (Å²) in [4.78, 5) is 0. The maximum Gasteiger partial charge on any atom is 0.0747 e. The third-order valence-electron chi connectivity index (χ3n) is 6.37. The third-order valence-corrected chi connectivity index (χ3v) is 6.37. The number of aromatic nitrogens is 2. The number of nitrogens with zero attached hydrogens (tertiary/aromatic N) is 2. The van der Waals surface area contributed by atoms with Crippen LogP contribution in [0.2, 0.25) is 0 Å². The molecule has 3 atom stereocenters. The minimum Gasteiger partial charge on any atom is -0.394 e. The van der Waals surface area contributed by atoms with Crippen molar-refractivity contribution >= 4 is 0 Å². The monoisotopic (exact) mass is 369 g/mol. The molecule has 5 heteroatoms. The van der Waals surface area contributed by atoms with Gasteiger partial charge in [-0.25, -0.2) is 0 Å². The average Bonchev–Trinajstić information content (AvgIpc) is 3.28. The molecule has 3 N–H and O–H groups in total. The molecular weight excluding hydrogens is 338 g/mol. The molecule has 2 aliphatic rings. The highest BCUT2D eigenvalue weighted by Gasteiger charge is 2.36. The van der Waals surface area contributed by atoms with Gasteiger partial charge in [0.1, 0.15) is 0 Å². The van der Waals surface area contributed by atoms with Crippen LogP contribution in [0, 0.1) is 5.92 Å². The number of benzene rings is 1. The quantitative estimate of drug-likeness (QED) is 0.821. The van der Waals surface area contributed by atoms with Crippen molar-refractivity contribution in [2.24, 2.45) is 18.7 Å². The summed E-state index contributed by atoms with van der Waals surface area (Å²) in [7, 11) is 1.93. The second kappa shape index (κ2) is 7.74. The maximum absolute atomic E-state index is 9.51. The van der Waals surface area contributed by atoms with Crippen LogP contribution < -0.4 is 5.73 Å². The van der Waals surface area contributed by atoms with Gasteiger partial charge in [-0.1, -0.05) is 18.2 Å². The zero-order valence-electron chi connectivity index (χ0n) is 16.2. The van der Waals surface area contributed by atoms with Crippen molar-refractivity contribution in [1.29, 1.82) is 0 Å². The Balaban J connectivity index is 1.32. The number of aryl methyl sites for hydroxylation is 2. The van der Waals surface area contributed by atoms with Gasteiger partial charge in [0.25, 0.3) is 0 Å². The van der Waals surface area contributed by atoms with Gasteiger partial charge in [0.2, 0.25) is 0 Å². The number of nitrogens with two attached hydrogens (primary N) is 1. The van der Waals surface area contributed by atoms with Crippen LogP contribution in [0.4, 0.5) is 0 Å². The first-order chi connectivity index (χ1) is 13.0. The van der Waals surface area contributed by atoms with Crippen LogP contribution in [0.1, 0.15) is 53.9 Å². The summed E-state index contributed by atoms with van der Waals surface area (Å²) in [5.41, 5.74) is 11.4. The predicted octanol–water partition coefficient (Wildman–Crippen LogP) is 2.70. The molecule has 0 saturated heterocycles. The molecule has 0 unspecified atom stereocenters. The molecule has 5 nitrogen and oxygen atoms in total. The Labute approximate surface area is 161 Å². The van der Waals surface area contributed by atoms with Crippen LogP contribution in [0.5, 0.6) is 0 Å². The molecule has 146 valence electrons. The Morgan fingerprint density at radius 2 is 2.22 bits per heavy atom. The van der Waals surface area contributed by atoms with E-state index in [0.29, 0.717) is 18.4 Å². The van der Waals surface area contributed by atoms with E-state index in [1.807, 2.05) is 24.1 Å². The van der Waals surface area contributed by atoms with E-state index in [-0.39, 0.29) is 12.1 Å². The summed E-state index contributed by atoms with van der Waals surface area (Å²) in [5.74, 6) is 1.09. The highest BCUT2D eigenvalue weighted by Crippen LogP contribution is 2.40. The minimum absolute atomic E-state index is 0.0924. The Morgan fingerprint density at radius 3 is 2.96 bits per heavy atom. The number of hydrogen-bond donors (Lipinski definition) is 2. The largest absolute Gasteiger partial charge is 0.394 e. The lowest BCUT2D eigenvalue weighted by molar-refractivity contribution is 0.0823. The first-order valence-corrected chi connectivity index (χ1v) is 10.1. The number of aliphatic hydroxyl groups excluding tert-OH is 1. The van der Waals surface area contributed by atoms with Gasteiger partial charge in [-0.05, 0) is 67.1 Å². The summed E-state index contributed by atoms with van der Waals surface area (Å²) in [6, 6.07) is 6.99. The summed E-state index contributed by atoms with van der Waals surface area (Å²) in [5, 5.41) is 13.7. The Hall–Kier alpha value is -1.69. The Morgan fingerprint density at radius 1 is 1.33 bits per heavy atom. The molecule has 1 fully saturated rings. The molecule has 0 bridgehead atoms. The summed E-state index contributed by atoms with van der Waals surface area (Å²) >= 11 is 0. The lowest BCUT2D eigenvalue weighted by Crippen LogP contribution is -2.40. The van der Waals surface area contributed by atoms with Gasteiger partial charge in [-0.15, -0.1) is 0 Å². The molecular formula is C22H31N3O2. The van der Waals surface area contributed by atoms with Crippen LogP contribution in [-0.2, 0) is 31.2 Å². The van der Waals surface area contributed by atoms with Crippen LogP contribution in [-0.4, -0.2) is 33.6 Å². The molecule has 1 heterocycles. The van der Waals surface area contributed by atoms with E-state index in [1.54, 1.807) is 0 Å². The predicted molar refractivity (Wildman–Crippen MR) is 105 cm³/mol. The number of fused-ring (bicyclic) bond motifs is 1. The number of aliphatic hydroxyl groups is 1. The van der Waals surface area contributed by atoms with E-state index in [1.165, 1.54) is 23.1 Å². The van der Waals surface area contributed by atoms with Crippen LogP contribution in [0.3, 0.4) is 0 Å². The summed E-state index contributed by atoms with van der Waals surface area (Å²) in [6.45, 7) is 1.55. The molecule has 0 aliphatic heterocycles. The van der Waals surface area contributed by atoms with Crippen molar-refractivity contribution < 1.29 is 9.84 Å². The molecule has 0 amide bonds. The zero-order valence-corrected chi connectivity index (χ0v) is 16.2. The van der Waals surface area contributed by atoms with Crippen molar-refractivity contribution in [3.05, 3.63) is 52.8 Å². The van der Waals surface area contributed by atoms with Crippen molar-refractivity contribution in [2.45, 2.75) is 56.6 Å². The summed E-state index contributed by atoms with van der Waals surface area (Å²) < 4.78 is 7.75. The van der Waals surface area contributed by atoms with Gasteiger partial charge in [0.15, 0.2) is 0 Å². The van der Waals surface area contributed by atoms with Gasteiger partial charge in [-0.3, -0.25) is 4.68 Å². The van der Waals surface area contributed by atoms with Crippen LogP contribution in [0.25, 0.3) is 0 Å². The van der Waals surface area contributed by atoms with E-state index < -0.39 is 0 Å². The van der Waals surface area contributed by atoms with Gasteiger partial charge in [0.05, 0.1) is 26.0 Å². The standard InChI is InChI=1S/C22H31N3O2/c1-25-12-17(11-24-25)14-27-13-16-2-3-19-9-20(5-4-18(19)8-16)21-6-7-22(23,10-21)15-26/h4-5,9,11-12,16,21,26H,2-3,6-8,10,13-15,23H2,1H3/t16-,21+,22-/m1/s1. The average molecular weight is 370 g/mol. The maximum atomic E-state index is 9.51. The van der Waals surface area contributed by atoms with Gasteiger partial charge >= 0.3 is 0 Å². The fourth-order valence-electron chi connectivity index (χ4n) is 4.72. The summed E-state index contributed by atoms with van der Waals surface area (Å²) in [6.07, 6.45) is 10.2. The fraction of sp³-hybridized carbons (Fsp3) is 0.591. The van der Waals surface area contributed by atoms with E-state index in [4.69, 9.17) is 10.5 Å².